The summed E-state index contributed by atoms with van der Waals surface area (Å²) in [6.07, 6.45) is 74.7. The number of nitrogens with zero attached hydrogens (tertiary/aromatic N) is 8. The topological polar surface area (TPSA) is 220 Å². The molecule has 0 saturated heterocycles. The van der Waals surface area contributed by atoms with E-state index in [1.165, 1.54) is 362 Å². The summed E-state index contributed by atoms with van der Waals surface area (Å²) in [6, 6.07) is 33.7. The van der Waals surface area contributed by atoms with Crippen LogP contribution >= 0.6 is 0 Å². The molecule has 0 amide bonds. The molecule has 11 spiro atoms. The van der Waals surface area contributed by atoms with Crippen molar-refractivity contribution in [1.82, 2.24) is 44.0 Å². The number of aryl methyl sites for hydroxylation is 7. The van der Waals surface area contributed by atoms with Crippen molar-refractivity contribution < 1.29 is 14.6 Å². The van der Waals surface area contributed by atoms with Gasteiger partial charge in [0, 0.05) is 35.4 Å². The average Bonchev–Trinajstić information content (AvgIpc) is 1.53. The van der Waals surface area contributed by atoms with Crippen LogP contribution in [0.2, 0.25) is 0 Å². The third-order valence-corrected chi connectivity index (χ3v) is 39.0. The first kappa shape index (κ1) is 94.9. The number of fused-ring (bicyclic) bond motifs is 20. The first-order chi connectivity index (χ1) is 66.3. The third kappa shape index (κ3) is 16.1. The Kier molecular flexibility index (Phi) is 24.4. The predicted molar refractivity (Wildman–Crippen MR) is 572 cm³/mol. The highest BCUT2D eigenvalue weighted by atomic mass is 16.5. The lowest BCUT2D eigenvalue weighted by molar-refractivity contribution is 0.275. The molecule has 0 radical (unpaired) electrons. The fraction of sp³-hybridized carbons (Fsp3) is 0.548. The summed E-state index contributed by atoms with van der Waals surface area (Å²) in [5, 5.41) is 12.7. The molecule has 29 rings (SSSR count). The van der Waals surface area contributed by atoms with Gasteiger partial charge in [0.2, 0.25) is 0 Å². The zero-order chi connectivity index (χ0) is 94.0. The van der Waals surface area contributed by atoms with Gasteiger partial charge in [0.1, 0.15) is 70.6 Å². The lowest BCUT2D eigenvalue weighted by Gasteiger charge is -2.35. The molecule has 8 N–H and O–H groups in total. The van der Waals surface area contributed by atoms with E-state index in [2.05, 4.69) is 178 Å². The van der Waals surface area contributed by atoms with Crippen LogP contribution in [0.4, 0.5) is 17.5 Å². The predicted octanol–water partition coefficient (Wildman–Crippen LogP) is 30.3. The lowest BCUT2D eigenvalue weighted by atomic mass is 9.69. The van der Waals surface area contributed by atoms with Crippen molar-refractivity contribution in [2.24, 2.45) is 0 Å². The number of aromatic hydroxyl groups is 1. The number of aromatic amines is 1. The van der Waals surface area contributed by atoms with Crippen LogP contribution < -0.4 is 26.7 Å². The number of phenolic OH excluding ortho intramolecular Hbond substituents is 1. The van der Waals surface area contributed by atoms with E-state index in [9.17, 15) is 5.11 Å². The van der Waals surface area contributed by atoms with Crippen molar-refractivity contribution in [3.8, 4) is 28.6 Å². The number of benzene rings is 6. The van der Waals surface area contributed by atoms with E-state index in [-0.39, 0.29) is 14.9 Å². The molecule has 6 heterocycles. The van der Waals surface area contributed by atoms with Crippen LogP contribution in [0.3, 0.4) is 0 Å². The van der Waals surface area contributed by atoms with Crippen LogP contribution in [0.5, 0.6) is 17.2 Å². The van der Waals surface area contributed by atoms with Crippen molar-refractivity contribution in [2.45, 2.75) is 418 Å². The number of nitrogens with one attached hydrogen (secondary N) is 1. The van der Waals surface area contributed by atoms with Gasteiger partial charge in [-0.3, -0.25) is 0 Å². The van der Waals surface area contributed by atoms with E-state index in [0.717, 1.165) is 51.0 Å². The number of H-pyrrole nitrogens is 1. The molecule has 139 heavy (non-hydrogen) atoms. The van der Waals surface area contributed by atoms with Gasteiger partial charge in [0.05, 0.1) is 30.4 Å². The Balaban J connectivity index is 0.0000000977. The molecule has 0 atom stereocenters. The molecule has 17 aliphatic carbocycles. The summed E-state index contributed by atoms with van der Waals surface area (Å²) in [5.74, 6) is 4.18. The molecule has 732 valence electrons. The smallest absolute Gasteiger partial charge is 0.150 e. The number of allylic oxidation sites excluding steroid dienone is 1. The summed E-state index contributed by atoms with van der Waals surface area (Å²) >= 11 is 0. The number of anilines is 3. The molecular formula is C124H158N12O3. The second-order valence-electron chi connectivity index (χ2n) is 47.8. The summed E-state index contributed by atoms with van der Waals surface area (Å²) in [5.41, 5.74) is 59.4. The van der Waals surface area contributed by atoms with E-state index in [1.54, 1.807) is 88.7 Å². The van der Waals surface area contributed by atoms with E-state index >= 15 is 0 Å². The SMILES string of the molecule is C.C.C=C1CC2(CCCCC2)c2cc(OC)cc(C)c21.COc1cc(C)c2c(c1)C1(CCCCC1)CC21CC1.Cc1cc(-n2ccc3c(N)ncnc32)cc2c1C1(CC1)CC21CCCCC1.Cc1cc(-n2ccc3c(N)ncnc32)cc2c1C1(CC1)CC21CCCCC1.Cc1cc(C)c2c(c1)C1(CCCCC1)CC21CC1.Cc1cc(O)cc2c1C1(CC1)CC21CCCCC1.Nc1ncnc2[nH]ccc12. The van der Waals surface area contributed by atoms with E-state index in [4.69, 9.17) is 26.7 Å². The molecule has 0 aliphatic heterocycles. The normalized spacial score (nSPS) is 22.3. The molecule has 15 nitrogen and oxygen atoms in total. The van der Waals surface area contributed by atoms with E-state index in [1.807, 2.05) is 24.3 Å². The molecule has 0 unspecified atom stereocenters. The Labute approximate surface area is 828 Å². The van der Waals surface area contributed by atoms with Crippen molar-refractivity contribution in [3.05, 3.63) is 241 Å². The van der Waals surface area contributed by atoms with E-state index in [0.29, 0.717) is 82.8 Å². The Bertz CT molecular complexity index is 6440. The summed E-state index contributed by atoms with van der Waals surface area (Å²) in [6.45, 7) is 20.3. The number of methoxy groups -OCH3 is 2. The minimum atomic E-state index is 0. The number of aromatic nitrogens is 9. The van der Waals surface area contributed by atoms with Gasteiger partial charge in [-0.1, -0.05) is 155 Å². The standard InChI is InChI=1S/2C23H26N4.C18H24O.C18H24.2C17H22O.C6H6N4.2CH4/c2*1-15-11-16(27-10-5-17-20(24)25-14-26-21(17)27)12-18-19(15)23(8-9-23)13-22(18)6-3-2-4-7-22;1-13-10-14(19-2)11-15-16(13)18(8-9-18)12-17(15)6-4-3-5-7-17;1-13-10-14(2)16-15(11-13)17(6-4-3-5-7-17)12-18(16)8-9-18;1-12-9-13(18)10-14-15(12)17(7-8-17)11-16(14)5-3-2-4-6-16;1-12-9-14(18-3)10-15-16(12)13(2)11-17(15)7-5-4-6-8-17;7-5-4-1-2-8-6(4)10-3-9-5;;/h2*5,10-12,14H,2-4,6-9,13H2,1H3,(H2,24,25,26);10-11H,3-9,12H2,1-2H3;10-11H,3-9,12H2,1-2H3;9-10,18H,2-8,11H2,1H3;9-10H,2,4-8,11H2,1,3H3;1-3H,(H3,7,8,9,10);2*1H4. The van der Waals surface area contributed by atoms with Gasteiger partial charge in [-0.15, -0.1) is 0 Å². The summed E-state index contributed by atoms with van der Waals surface area (Å²) in [7, 11) is 3.56. The van der Waals surface area contributed by atoms with Gasteiger partial charge in [-0.2, -0.15) is 0 Å². The Hall–Kier alpha value is -10.3. The van der Waals surface area contributed by atoms with Crippen molar-refractivity contribution in [1.29, 1.82) is 0 Å². The summed E-state index contributed by atoms with van der Waals surface area (Å²) < 4.78 is 15.4. The maximum absolute atomic E-state index is 9.98. The number of hydrogen-bond acceptors (Lipinski definition) is 12. The molecule has 15 heteroatoms. The number of phenols is 1. The highest BCUT2D eigenvalue weighted by molar-refractivity contribution is 5.89. The number of nitrogens with two attached hydrogens (primary N) is 3. The Morgan fingerprint density at radius 3 is 1.01 bits per heavy atom. The van der Waals surface area contributed by atoms with Crippen LogP contribution in [0.15, 0.2) is 135 Å². The van der Waals surface area contributed by atoms with Gasteiger partial charge in [0.15, 0.2) is 0 Å². The van der Waals surface area contributed by atoms with Gasteiger partial charge < -0.3 is 45.9 Å². The zero-order valence-electron chi connectivity index (χ0n) is 83.9. The number of rotatable bonds is 4. The fourth-order valence-corrected chi connectivity index (χ4v) is 32.7. The van der Waals surface area contributed by atoms with Crippen LogP contribution in [0, 0.1) is 48.5 Å². The number of ether oxygens (including phenoxy) is 2. The van der Waals surface area contributed by atoms with E-state index < -0.39 is 0 Å². The number of nitrogen functional groups attached to an aromatic ring is 3. The molecule has 11 saturated carbocycles. The second-order valence-corrected chi connectivity index (χ2v) is 47.8. The molecule has 6 aromatic carbocycles. The largest absolute Gasteiger partial charge is 0.508 e. The number of hydrogen-bond donors (Lipinski definition) is 5. The average molecular weight is 1860 g/mol. The van der Waals surface area contributed by atoms with Gasteiger partial charge in [-0.05, 0) is 467 Å². The van der Waals surface area contributed by atoms with Gasteiger partial charge >= 0.3 is 0 Å². The molecule has 6 aromatic heterocycles. The fourth-order valence-electron chi connectivity index (χ4n) is 32.7. The van der Waals surface area contributed by atoms with Crippen LogP contribution in [-0.4, -0.2) is 63.3 Å². The molecule has 12 aromatic rings. The molecule has 17 aliphatic rings. The maximum Gasteiger partial charge on any atom is 0.150 e. The minimum Gasteiger partial charge on any atom is -0.508 e. The Morgan fingerprint density at radius 2 is 0.640 bits per heavy atom. The zero-order valence-corrected chi connectivity index (χ0v) is 83.9. The Morgan fingerprint density at radius 1 is 0.324 bits per heavy atom. The van der Waals surface area contributed by atoms with Crippen LogP contribution in [0.25, 0.3) is 50.0 Å². The van der Waals surface area contributed by atoms with Crippen molar-refractivity contribution >= 4 is 56.1 Å². The molecular weight excluding hydrogens is 1710 g/mol. The maximum atomic E-state index is 9.98. The highest BCUT2D eigenvalue weighted by Crippen LogP contribution is 2.73. The quantitative estimate of drug-likeness (QED) is 0.111. The molecule has 0 bridgehead atoms. The first-order valence-electron chi connectivity index (χ1n) is 53.8. The van der Waals surface area contributed by atoms with Crippen molar-refractivity contribution in [2.75, 3.05) is 31.4 Å². The highest BCUT2D eigenvalue weighted by Gasteiger charge is 2.64. The minimum absolute atomic E-state index is 0. The lowest BCUT2D eigenvalue weighted by Crippen LogP contribution is -2.27. The van der Waals surface area contributed by atoms with Crippen LogP contribution in [-0.2, 0) is 59.6 Å². The van der Waals surface area contributed by atoms with Crippen LogP contribution in [0.1, 0.15) is 416 Å². The van der Waals surface area contributed by atoms with Gasteiger partial charge in [0.25, 0.3) is 0 Å². The monoisotopic (exact) mass is 1860 g/mol. The van der Waals surface area contributed by atoms with Crippen molar-refractivity contribution in [3.63, 3.8) is 0 Å². The third-order valence-electron chi connectivity index (χ3n) is 39.0. The molecule has 11 fully saturated rings. The first-order valence-corrected chi connectivity index (χ1v) is 53.8. The second kappa shape index (κ2) is 35.7. The van der Waals surface area contributed by atoms with Gasteiger partial charge in [-0.25, -0.2) is 29.9 Å². The summed E-state index contributed by atoms with van der Waals surface area (Å²) in [4.78, 5) is 28.0.